The predicted molar refractivity (Wildman–Crippen MR) is 177 cm³/mol. The molecule has 0 spiro atoms. The van der Waals surface area contributed by atoms with E-state index in [9.17, 15) is 27.9 Å². The van der Waals surface area contributed by atoms with Crippen LogP contribution in [0.1, 0.15) is 36.1 Å². The van der Waals surface area contributed by atoms with E-state index in [0.717, 1.165) is 22.5 Å². The van der Waals surface area contributed by atoms with Crippen molar-refractivity contribution < 1.29 is 52.3 Å². The minimum absolute atomic E-state index is 0.0198. The van der Waals surface area contributed by atoms with Gasteiger partial charge >= 0.3 is 24.1 Å². The van der Waals surface area contributed by atoms with Gasteiger partial charge in [-0.25, -0.2) is 0 Å². The number of methoxy groups -OCH3 is 3. The van der Waals surface area contributed by atoms with Crippen LogP contribution in [0.2, 0.25) is 0 Å². The Morgan fingerprint density at radius 1 is 0.980 bits per heavy atom. The number of benzene rings is 1. The number of rotatable bonds is 13. The molecular weight excluding hydrogens is 685 g/mol. The summed E-state index contributed by atoms with van der Waals surface area (Å²) in [6.07, 6.45) is -5.50. The molecule has 3 atom stereocenters. The number of hydrogen-bond acceptors (Lipinski definition) is 13. The molecule has 1 aromatic carbocycles. The molecule has 5 rings (SSSR count). The first-order valence-electron chi connectivity index (χ1n) is 15.2. The quantitative estimate of drug-likeness (QED) is 0.153. The second-order valence-electron chi connectivity index (χ2n) is 11.3. The van der Waals surface area contributed by atoms with Crippen LogP contribution in [-0.2, 0) is 22.6 Å². The van der Waals surface area contributed by atoms with E-state index in [-0.39, 0.29) is 35.8 Å². The lowest BCUT2D eigenvalue weighted by Gasteiger charge is -2.28. The summed E-state index contributed by atoms with van der Waals surface area (Å²) in [5, 5.41) is 39.0. The number of nitrogens with zero attached hydrogens (tertiary/aromatic N) is 5. The van der Waals surface area contributed by atoms with Crippen molar-refractivity contribution >= 4 is 39.3 Å². The SMILES string of the molecule is COc1nc(N(C)[C@H]2C[C@@H](NCc3ccc(-c4cc(OC)c(OC)nn4)cc3)C[C@H]2O)c2cc(CC(F)(F)F)sc2n1.O=C(O)CCC(=O)O. The number of aliphatic carboxylic acids is 2. The number of thiophene rings is 1. The first kappa shape index (κ1) is 38.0. The number of carboxylic acids is 2. The molecule has 0 bridgehead atoms. The topological polar surface area (TPSA) is 189 Å². The molecule has 18 heteroatoms. The van der Waals surface area contributed by atoms with Crippen molar-refractivity contribution in [1.82, 2.24) is 25.5 Å². The highest BCUT2D eigenvalue weighted by Crippen LogP contribution is 2.37. The van der Waals surface area contributed by atoms with Crippen molar-refractivity contribution in [2.45, 2.75) is 63.0 Å². The average molecular weight is 723 g/mol. The number of aliphatic hydroxyl groups excluding tert-OH is 1. The second kappa shape index (κ2) is 16.7. The Kier molecular flexibility index (Phi) is 12.7. The zero-order valence-electron chi connectivity index (χ0n) is 27.6. The van der Waals surface area contributed by atoms with E-state index in [0.29, 0.717) is 52.7 Å². The molecule has 4 N–H and O–H groups in total. The van der Waals surface area contributed by atoms with Gasteiger partial charge in [0.1, 0.15) is 10.6 Å². The minimum atomic E-state index is -4.33. The number of carbonyl (C=O) groups is 2. The molecule has 1 aliphatic rings. The second-order valence-corrected chi connectivity index (χ2v) is 12.5. The van der Waals surface area contributed by atoms with E-state index in [4.69, 9.17) is 24.4 Å². The number of aliphatic hydroxyl groups is 1. The van der Waals surface area contributed by atoms with E-state index in [2.05, 4.69) is 25.5 Å². The van der Waals surface area contributed by atoms with Crippen LogP contribution in [0.15, 0.2) is 36.4 Å². The number of alkyl halides is 3. The molecule has 1 fully saturated rings. The summed E-state index contributed by atoms with van der Waals surface area (Å²) in [6.45, 7) is 0.586. The van der Waals surface area contributed by atoms with Gasteiger partial charge in [0.25, 0.3) is 5.88 Å². The van der Waals surface area contributed by atoms with Crippen LogP contribution in [0.25, 0.3) is 21.5 Å². The number of anilines is 1. The Balaban J connectivity index is 0.000000627. The number of hydrogen-bond donors (Lipinski definition) is 4. The Morgan fingerprint density at radius 2 is 1.66 bits per heavy atom. The average Bonchev–Trinajstić information content (AvgIpc) is 3.66. The number of halogens is 3. The van der Waals surface area contributed by atoms with Crippen LogP contribution in [0.3, 0.4) is 0 Å². The molecule has 0 saturated heterocycles. The molecule has 0 amide bonds. The molecule has 1 saturated carbocycles. The molecular formula is C32H37F3N6O8S. The maximum Gasteiger partial charge on any atom is 0.393 e. The van der Waals surface area contributed by atoms with Crippen molar-refractivity contribution in [3.63, 3.8) is 0 Å². The van der Waals surface area contributed by atoms with E-state index in [1.807, 2.05) is 29.2 Å². The van der Waals surface area contributed by atoms with Crippen molar-refractivity contribution in [3.05, 3.63) is 46.8 Å². The Morgan fingerprint density at radius 3 is 2.24 bits per heavy atom. The van der Waals surface area contributed by atoms with Gasteiger partial charge in [-0.15, -0.1) is 21.5 Å². The molecule has 50 heavy (non-hydrogen) atoms. The fourth-order valence-corrected chi connectivity index (χ4v) is 6.42. The van der Waals surface area contributed by atoms with Gasteiger partial charge < -0.3 is 39.7 Å². The van der Waals surface area contributed by atoms with E-state index >= 15 is 0 Å². The molecule has 0 unspecified atom stereocenters. The smallest absolute Gasteiger partial charge is 0.393 e. The maximum atomic E-state index is 13.0. The fraction of sp³-hybridized carbons (Fsp3) is 0.438. The van der Waals surface area contributed by atoms with Gasteiger partial charge in [0, 0.05) is 36.1 Å². The number of carboxylic acid groups (broad SMARTS) is 2. The lowest BCUT2D eigenvalue weighted by atomic mass is 10.1. The molecule has 14 nitrogen and oxygen atoms in total. The largest absolute Gasteiger partial charge is 0.491 e. The normalized spacial score (nSPS) is 17.2. The molecule has 4 aromatic rings. The van der Waals surface area contributed by atoms with Crippen molar-refractivity contribution in [2.75, 3.05) is 33.3 Å². The van der Waals surface area contributed by atoms with Crippen molar-refractivity contribution in [2.24, 2.45) is 0 Å². The van der Waals surface area contributed by atoms with Gasteiger partial charge in [0.2, 0.25) is 0 Å². The molecule has 3 aromatic heterocycles. The van der Waals surface area contributed by atoms with Crippen LogP contribution < -0.4 is 24.4 Å². The predicted octanol–water partition coefficient (Wildman–Crippen LogP) is 4.33. The molecule has 270 valence electrons. The summed E-state index contributed by atoms with van der Waals surface area (Å²) in [5.41, 5.74) is 2.59. The highest BCUT2D eigenvalue weighted by Gasteiger charge is 2.37. The molecule has 0 radical (unpaired) electrons. The molecule has 1 aliphatic carbocycles. The number of nitrogens with one attached hydrogen (secondary N) is 1. The third kappa shape index (κ3) is 10.1. The summed E-state index contributed by atoms with van der Waals surface area (Å²) in [6, 6.07) is 10.9. The van der Waals surface area contributed by atoms with Gasteiger partial charge in [-0.1, -0.05) is 24.3 Å². The summed E-state index contributed by atoms with van der Waals surface area (Å²) in [7, 11) is 6.24. The zero-order valence-corrected chi connectivity index (χ0v) is 28.4. The first-order valence-corrected chi connectivity index (χ1v) is 16.1. The molecule has 3 heterocycles. The number of fused-ring (bicyclic) bond motifs is 1. The third-order valence-corrected chi connectivity index (χ3v) is 8.85. The zero-order chi connectivity index (χ0) is 36.6. The van der Waals surface area contributed by atoms with Crippen LogP contribution in [0, 0.1) is 0 Å². The van der Waals surface area contributed by atoms with Gasteiger partial charge in [-0.2, -0.15) is 23.1 Å². The van der Waals surface area contributed by atoms with E-state index in [1.165, 1.54) is 20.3 Å². The summed E-state index contributed by atoms with van der Waals surface area (Å²) < 4.78 is 54.8. The van der Waals surface area contributed by atoms with Gasteiger partial charge in [-0.3, -0.25) is 9.59 Å². The Labute approximate surface area is 288 Å². The lowest BCUT2D eigenvalue weighted by molar-refractivity contribution is -0.143. The van der Waals surface area contributed by atoms with Gasteiger partial charge in [0.05, 0.1) is 63.8 Å². The lowest BCUT2D eigenvalue weighted by Crippen LogP contribution is -2.38. The first-order chi connectivity index (χ1) is 23.7. The van der Waals surface area contributed by atoms with Crippen LogP contribution >= 0.6 is 11.3 Å². The highest BCUT2D eigenvalue weighted by molar-refractivity contribution is 7.18. The third-order valence-electron chi connectivity index (χ3n) is 7.83. The fourth-order valence-electron chi connectivity index (χ4n) is 5.38. The standard InChI is InChI=1S/C28H31F3N6O4S.C4H6O4/c1-37(24-19-11-18(13-28(29,30)31)42-26(19)34-27(33-24)41-4)21-9-17(10-22(21)38)32-14-15-5-7-16(8-6-15)20-12-23(39-2)25(40-3)36-35-20;5-3(6)1-2-4(7)8/h5-8,11-12,17,21-22,32,38H,9-10,13-14H2,1-4H3;1-2H2,(H,5,6)(H,7,8)/t17-,21+,22-;/m1./s1. The van der Waals surface area contributed by atoms with Crippen molar-refractivity contribution in [3.8, 4) is 28.9 Å². The van der Waals surface area contributed by atoms with Gasteiger partial charge in [0.15, 0.2) is 5.75 Å². The van der Waals surface area contributed by atoms with E-state index in [1.54, 1.807) is 20.2 Å². The van der Waals surface area contributed by atoms with Crippen LogP contribution in [-0.4, -0.2) is 100 Å². The summed E-state index contributed by atoms with van der Waals surface area (Å²) in [5.74, 6) is -0.913. The Bertz CT molecular complexity index is 1760. The summed E-state index contributed by atoms with van der Waals surface area (Å²) in [4.78, 5) is 30.3. The number of aromatic nitrogens is 4. The maximum absolute atomic E-state index is 13.0. The van der Waals surface area contributed by atoms with Crippen LogP contribution in [0.4, 0.5) is 19.0 Å². The monoisotopic (exact) mass is 722 g/mol. The van der Waals surface area contributed by atoms with Crippen molar-refractivity contribution in [1.29, 1.82) is 0 Å². The number of ether oxygens (including phenoxy) is 3. The van der Waals surface area contributed by atoms with Gasteiger partial charge in [-0.05, 0) is 24.5 Å². The van der Waals surface area contributed by atoms with E-state index < -0.39 is 30.6 Å². The van der Waals surface area contributed by atoms with Crippen LogP contribution in [0.5, 0.6) is 17.6 Å². The minimum Gasteiger partial charge on any atom is -0.491 e. The highest BCUT2D eigenvalue weighted by atomic mass is 32.1. The number of likely N-dealkylation sites (N-methyl/N-ethyl adjacent to an activating group) is 1. The Hall–Kier alpha value is -4.81. The molecule has 0 aliphatic heterocycles. The summed E-state index contributed by atoms with van der Waals surface area (Å²) >= 11 is 0.966.